The van der Waals surface area contributed by atoms with Crippen LogP contribution in [0.15, 0.2) is 24.3 Å². The van der Waals surface area contributed by atoms with E-state index in [0.717, 1.165) is 13.0 Å². The van der Waals surface area contributed by atoms with E-state index in [1.807, 2.05) is 6.07 Å². The fraction of sp³-hybridized carbons (Fsp3) is 0.533. The Balaban J connectivity index is 2.26. The summed E-state index contributed by atoms with van der Waals surface area (Å²) in [5, 5.41) is 8.79. The fourth-order valence-electron chi connectivity index (χ4n) is 2.34. The number of benzene rings is 1. The first-order valence-corrected chi connectivity index (χ1v) is 6.76. The van der Waals surface area contributed by atoms with Crippen LogP contribution in [-0.4, -0.2) is 12.6 Å². The first-order valence-electron chi connectivity index (χ1n) is 6.76. The van der Waals surface area contributed by atoms with Crippen LogP contribution < -0.4 is 10.6 Å². The lowest BCUT2D eigenvalue weighted by Gasteiger charge is -2.28. The van der Waals surface area contributed by atoms with E-state index in [1.54, 1.807) is 0 Å². The topological polar surface area (TPSA) is 53.0 Å². The fourth-order valence-corrected chi connectivity index (χ4v) is 2.34. The van der Waals surface area contributed by atoms with E-state index in [1.165, 1.54) is 24.1 Å². The normalized spacial score (nSPS) is 16.1. The maximum atomic E-state index is 8.79. The molecule has 96 valence electrons. The number of para-hydroxylation sites is 1. The summed E-state index contributed by atoms with van der Waals surface area (Å²) in [5.41, 5.74) is 8.63. The van der Waals surface area contributed by atoms with E-state index in [2.05, 4.69) is 36.1 Å². The summed E-state index contributed by atoms with van der Waals surface area (Å²) < 4.78 is 0. The summed E-state index contributed by atoms with van der Waals surface area (Å²) in [5.74, 6) is 0. The Labute approximate surface area is 109 Å². The van der Waals surface area contributed by atoms with Gasteiger partial charge in [-0.2, -0.15) is 5.26 Å². The van der Waals surface area contributed by atoms with Crippen molar-refractivity contribution in [2.75, 3.05) is 11.4 Å². The van der Waals surface area contributed by atoms with Gasteiger partial charge in [0.05, 0.1) is 12.5 Å². The number of anilines is 1. The van der Waals surface area contributed by atoms with Crippen LogP contribution in [0.1, 0.15) is 44.2 Å². The van der Waals surface area contributed by atoms with Crippen LogP contribution in [0.25, 0.3) is 0 Å². The number of rotatable bonds is 6. The molecule has 0 aliphatic heterocycles. The monoisotopic (exact) mass is 243 g/mol. The molecule has 0 bridgehead atoms. The Bertz CT molecular complexity index is 432. The zero-order valence-electron chi connectivity index (χ0n) is 11.0. The van der Waals surface area contributed by atoms with Gasteiger partial charge >= 0.3 is 0 Å². The molecule has 1 fully saturated rings. The largest absolute Gasteiger partial charge is 0.367 e. The Hall–Kier alpha value is -1.53. The van der Waals surface area contributed by atoms with Gasteiger partial charge in [-0.3, -0.25) is 0 Å². The minimum atomic E-state index is 0.0875. The second kappa shape index (κ2) is 5.88. The van der Waals surface area contributed by atoms with Crippen LogP contribution in [0.2, 0.25) is 0 Å². The summed E-state index contributed by atoms with van der Waals surface area (Å²) in [4.78, 5) is 2.37. The summed E-state index contributed by atoms with van der Waals surface area (Å²) in [7, 11) is 0. The van der Waals surface area contributed by atoms with Gasteiger partial charge in [0.25, 0.3) is 0 Å². The van der Waals surface area contributed by atoms with Crippen molar-refractivity contribution in [3.05, 3.63) is 29.8 Å². The van der Waals surface area contributed by atoms with Crippen molar-refractivity contribution < 1.29 is 0 Å². The van der Waals surface area contributed by atoms with Crippen molar-refractivity contribution in [2.24, 2.45) is 5.73 Å². The SMILES string of the molecule is CC[C@H](N)c1ccccc1N(CCC#N)C1CC1. The smallest absolute Gasteiger partial charge is 0.0640 e. The van der Waals surface area contributed by atoms with Crippen LogP contribution in [-0.2, 0) is 0 Å². The lowest BCUT2D eigenvalue weighted by molar-refractivity contribution is 0.687. The highest BCUT2D eigenvalue weighted by Crippen LogP contribution is 2.35. The highest BCUT2D eigenvalue weighted by atomic mass is 15.2. The van der Waals surface area contributed by atoms with Gasteiger partial charge in [-0.15, -0.1) is 0 Å². The van der Waals surface area contributed by atoms with Crippen molar-refractivity contribution in [1.29, 1.82) is 5.26 Å². The first-order chi connectivity index (χ1) is 8.77. The maximum absolute atomic E-state index is 8.79. The van der Waals surface area contributed by atoms with Crippen LogP contribution >= 0.6 is 0 Å². The van der Waals surface area contributed by atoms with Gasteiger partial charge in [0.1, 0.15) is 0 Å². The minimum Gasteiger partial charge on any atom is -0.367 e. The first kappa shape index (κ1) is 12.9. The van der Waals surface area contributed by atoms with E-state index >= 15 is 0 Å². The van der Waals surface area contributed by atoms with Crippen molar-refractivity contribution in [3.63, 3.8) is 0 Å². The van der Waals surface area contributed by atoms with Crippen molar-refractivity contribution in [3.8, 4) is 6.07 Å². The predicted molar refractivity (Wildman–Crippen MR) is 74.3 cm³/mol. The van der Waals surface area contributed by atoms with Crippen molar-refractivity contribution in [1.82, 2.24) is 0 Å². The molecule has 0 saturated heterocycles. The van der Waals surface area contributed by atoms with Gasteiger partial charge in [-0.1, -0.05) is 25.1 Å². The van der Waals surface area contributed by atoms with E-state index in [9.17, 15) is 0 Å². The van der Waals surface area contributed by atoms with Crippen LogP contribution in [0.3, 0.4) is 0 Å². The van der Waals surface area contributed by atoms with Gasteiger partial charge in [0.2, 0.25) is 0 Å². The molecule has 1 saturated carbocycles. The zero-order valence-corrected chi connectivity index (χ0v) is 11.0. The van der Waals surface area contributed by atoms with Crippen LogP contribution in [0, 0.1) is 11.3 Å². The van der Waals surface area contributed by atoms with Gasteiger partial charge in [-0.25, -0.2) is 0 Å². The van der Waals surface area contributed by atoms with E-state index in [0.29, 0.717) is 12.5 Å². The second-order valence-electron chi connectivity index (χ2n) is 4.91. The lowest BCUT2D eigenvalue weighted by atomic mass is 10.0. The maximum Gasteiger partial charge on any atom is 0.0640 e. The van der Waals surface area contributed by atoms with E-state index < -0.39 is 0 Å². The molecule has 3 heteroatoms. The third kappa shape index (κ3) is 2.83. The standard InChI is InChI=1S/C15H21N3/c1-2-14(17)13-6-3-4-7-15(13)18(11-5-10-16)12-8-9-12/h3-4,6-7,12,14H,2,5,8-9,11,17H2,1H3/t14-/m0/s1. The molecule has 0 radical (unpaired) electrons. The molecule has 1 aliphatic rings. The van der Waals surface area contributed by atoms with Gasteiger partial charge in [-0.05, 0) is 30.9 Å². The van der Waals surface area contributed by atoms with E-state index in [-0.39, 0.29) is 6.04 Å². The Morgan fingerprint density at radius 1 is 1.44 bits per heavy atom. The summed E-state index contributed by atoms with van der Waals surface area (Å²) in [6.45, 7) is 2.92. The number of hydrogen-bond acceptors (Lipinski definition) is 3. The molecule has 18 heavy (non-hydrogen) atoms. The molecule has 1 atom stereocenters. The molecule has 3 nitrogen and oxygen atoms in total. The second-order valence-corrected chi connectivity index (χ2v) is 4.91. The predicted octanol–water partition coefficient (Wildman–Crippen LogP) is 2.98. The quantitative estimate of drug-likeness (QED) is 0.835. The number of nitrogens with zero attached hydrogens (tertiary/aromatic N) is 2. The molecule has 0 aromatic heterocycles. The van der Waals surface area contributed by atoms with Gasteiger partial charge < -0.3 is 10.6 Å². The van der Waals surface area contributed by atoms with Gasteiger partial charge in [0.15, 0.2) is 0 Å². The summed E-state index contributed by atoms with van der Waals surface area (Å²) in [6.07, 6.45) is 3.99. The third-order valence-corrected chi connectivity index (χ3v) is 3.54. The molecule has 1 aromatic carbocycles. The number of nitrogens with two attached hydrogens (primary N) is 1. The average molecular weight is 243 g/mol. The molecule has 1 aliphatic carbocycles. The number of hydrogen-bond donors (Lipinski definition) is 1. The Morgan fingerprint density at radius 3 is 2.78 bits per heavy atom. The summed E-state index contributed by atoms with van der Waals surface area (Å²) in [6, 6.07) is 11.3. The van der Waals surface area contributed by atoms with Crippen LogP contribution in [0.5, 0.6) is 0 Å². The molecule has 0 spiro atoms. The molecule has 0 heterocycles. The Kier molecular flexibility index (Phi) is 4.22. The molecule has 2 N–H and O–H groups in total. The third-order valence-electron chi connectivity index (χ3n) is 3.54. The summed E-state index contributed by atoms with van der Waals surface area (Å²) >= 11 is 0. The van der Waals surface area contributed by atoms with E-state index in [4.69, 9.17) is 11.0 Å². The molecule has 1 aromatic rings. The average Bonchev–Trinajstić information content (AvgIpc) is 3.23. The number of nitriles is 1. The van der Waals surface area contributed by atoms with Crippen molar-refractivity contribution >= 4 is 5.69 Å². The highest BCUT2D eigenvalue weighted by molar-refractivity contribution is 5.56. The van der Waals surface area contributed by atoms with Crippen molar-refractivity contribution in [2.45, 2.75) is 44.7 Å². The molecular formula is C15H21N3. The lowest BCUT2D eigenvalue weighted by Crippen LogP contribution is -2.28. The molecule has 2 rings (SSSR count). The highest BCUT2D eigenvalue weighted by Gasteiger charge is 2.30. The zero-order chi connectivity index (χ0) is 13.0. The van der Waals surface area contributed by atoms with Gasteiger partial charge in [0, 0.05) is 24.3 Å². The molecular weight excluding hydrogens is 222 g/mol. The molecule has 0 unspecified atom stereocenters. The Morgan fingerprint density at radius 2 is 2.17 bits per heavy atom. The minimum absolute atomic E-state index is 0.0875. The molecule has 0 amide bonds. The van der Waals surface area contributed by atoms with Crippen LogP contribution in [0.4, 0.5) is 5.69 Å².